The van der Waals surface area contributed by atoms with Crippen LogP contribution in [0.5, 0.6) is 5.75 Å². The fraction of sp³-hybridized carbons (Fsp3) is 0.545. The fourth-order valence-electron chi connectivity index (χ4n) is 1.03. The molecule has 0 saturated heterocycles. The number of anilines is 1. The van der Waals surface area contributed by atoms with Crippen molar-refractivity contribution >= 4 is 11.9 Å². The van der Waals surface area contributed by atoms with Gasteiger partial charge in [0.2, 0.25) is 5.95 Å². The van der Waals surface area contributed by atoms with Crippen molar-refractivity contribution in [3.8, 4) is 5.75 Å². The summed E-state index contributed by atoms with van der Waals surface area (Å²) in [6.07, 6.45) is 3.04. The van der Waals surface area contributed by atoms with Crippen LogP contribution in [-0.2, 0) is 9.53 Å². The lowest BCUT2D eigenvalue weighted by atomic mass is 10.5. The van der Waals surface area contributed by atoms with Crippen LogP contribution in [0.25, 0.3) is 0 Å². The molecule has 6 nitrogen and oxygen atoms in total. The van der Waals surface area contributed by atoms with Crippen molar-refractivity contribution in [3.05, 3.63) is 12.4 Å². The van der Waals surface area contributed by atoms with Gasteiger partial charge in [0.15, 0.2) is 5.75 Å². The van der Waals surface area contributed by atoms with Crippen molar-refractivity contribution < 1.29 is 14.3 Å². The molecule has 17 heavy (non-hydrogen) atoms. The van der Waals surface area contributed by atoms with Gasteiger partial charge in [-0.15, -0.1) is 0 Å². The fourth-order valence-corrected chi connectivity index (χ4v) is 1.03. The largest absolute Gasteiger partial charge is 0.494 e. The summed E-state index contributed by atoms with van der Waals surface area (Å²) >= 11 is 0. The number of amides is 1. The molecule has 0 unspecified atom stereocenters. The number of likely N-dealkylation sites (N-methyl/N-ethyl adjacent to an activating group) is 1. The molecule has 6 heteroatoms. The first-order chi connectivity index (χ1) is 8.04. The van der Waals surface area contributed by atoms with Crippen molar-refractivity contribution in [3.63, 3.8) is 0 Å². The monoisotopic (exact) mass is 239 g/mol. The zero-order valence-electron chi connectivity index (χ0n) is 10.5. The summed E-state index contributed by atoms with van der Waals surface area (Å²) in [7, 11) is 3.14. The lowest BCUT2D eigenvalue weighted by Gasteiger charge is -2.16. The van der Waals surface area contributed by atoms with Gasteiger partial charge in [-0.1, -0.05) is 0 Å². The highest BCUT2D eigenvalue weighted by molar-refractivity contribution is 5.91. The Morgan fingerprint density at radius 2 is 2.00 bits per heavy atom. The number of ether oxygens (including phenoxy) is 2. The number of aromatic nitrogens is 2. The molecule has 0 aromatic carbocycles. The van der Waals surface area contributed by atoms with E-state index in [2.05, 4.69) is 9.97 Å². The van der Waals surface area contributed by atoms with Crippen molar-refractivity contribution in [1.29, 1.82) is 0 Å². The molecule has 0 saturated carbocycles. The van der Waals surface area contributed by atoms with Gasteiger partial charge in [-0.2, -0.15) is 0 Å². The van der Waals surface area contributed by atoms with Crippen molar-refractivity contribution in [2.24, 2.45) is 0 Å². The van der Waals surface area contributed by atoms with E-state index in [0.29, 0.717) is 11.7 Å². The van der Waals surface area contributed by atoms with E-state index < -0.39 is 0 Å². The molecule has 0 aliphatic rings. The molecule has 0 aliphatic carbocycles. The SMILES string of the molecule is COc1cnc(N(C)C(=O)COC(C)C)nc1. The van der Waals surface area contributed by atoms with Crippen molar-refractivity contribution in [1.82, 2.24) is 9.97 Å². The predicted octanol–water partition coefficient (Wildman–Crippen LogP) is 0.873. The molecule has 0 aliphatic heterocycles. The van der Waals surface area contributed by atoms with Gasteiger partial charge in [-0.25, -0.2) is 9.97 Å². The molecule has 1 rings (SSSR count). The van der Waals surface area contributed by atoms with E-state index in [0.717, 1.165) is 0 Å². The van der Waals surface area contributed by atoms with Gasteiger partial charge in [-0.05, 0) is 13.8 Å². The summed E-state index contributed by atoms with van der Waals surface area (Å²) in [5.41, 5.74) is 0. The van der Waals surface area contributed by atoms with E-state index in [9.17, 15) is 4.79 Å². The normalized spacial score (nSPS) is 10.4. The Balaban J connectivity index is 2.61. The number of hydrogen-bond donors (Lipinski definition) is 0. The van der Waals surface area contributed by atoms with Crippen molar-refractivity contribution in [2.45, 2.75) is 20.0 Å². The van der Waals surface area contributed by atoms with Crippen molar-refractivity contribution in [2.75, 3.05) is 25.7 Å². The molecule has 0 bridgehead atoms. The van der Waals surface area contributed by atoms with Gasteiger partial charge in [0.1, 0.15) is 6.61 Å². The highest BCUT2D eigenvalue weighted by atomic mass is 16.5. The first kappa shape index (κ1) is 13.4. The minimum Gasteiger partial charge on any atom is -0.494 e. The zero-order chi connectivity index (χ0) is 12.8. The maximum Gasteiger partial charge on any atom is 0.255 e. The molecule has 1 aromatic rings. The minimum atomic E-state index is -0.191. The second-order valence-electron chi connectivity index (χ2n) is 3.74. The molecule has 0 spiro atoms. The number of carbonyl (C=O) groups is 1. The minimum absolute atomic E-state index is 0.0174. The van der Waals surface area contributed by atoms with Gasteiger partial charge in [-0.3, -0.25) is 9.69 Å². The van der Waals surface area contributed by atoms with E-state index >= 15 is 0 Å². The number of hydrogen-bond acceptors (Lipinski definition) is 5. The molecule has 0 fully saturated rings. The third-order valence-electron chi connectivity index (χ3n) is 2.06. The van der Waals surface area contributed by atoms with Crippen LogP contribution in [0.4, 0.5) is 5.95 Å². The topological polar surface area (TPSA) is 64.5 Å². The molecular formula is C11H17N3O3. The molecule has 0 radical (unpaired) electrons. The quantitative estimate of drug-likeness (QED) is 0.763. The van der Waals surface area contributed by atoms with Gasteiger partial charge in [0.25, 0.3) is 5.91 Å². The summed E-state index contributed by atoms with van der Waals surface area (Å²) in [5.74, 6) is 0.681. The summed E-state index contributed by atoms with van der Waals surface area (Å²) < 4.78 is 10.2. The first-order valence-corrected chi connectivity index (χ1v) is 5.28. The molecule has 94 valence electrons. The highest BCUT2D eigenvalue weighted by Gasteiger charge is 2.14. The lowest BCUT2D eigenvalue weighted by Crippen LogP contribution is -2.32. The van der Waals surface area contributed by atoms with Crippen LogP contribution < -0.4 is 9.64 Å². The summed E-state index contributed by atoms with van der Waals surface area (Å²) in [6.45, 7) is 3.76. The van der Waals surface area contributed by atoms with Crippen LogP contribution in [0.2, 0.25) is 0 Å². The summed E-state index contributed by atoms with van der Waals surface area (Å²) in [6, 6.07) is 0. The van der Waals surface area contributed by atoms with E-state index in [-0.39, 0.29) is 18.6 Å². The van der Waals surface area contributed by atoms with Crippen LogP contribution in [0.15, 0.2) is 12.4 Å². The van der Waals surface area contributed by atoms with Crippen LogP contribution in [0, 0.1) is 0 Å². The average Bonchev–Trinajstić information content (AvgIpc) is 2.35. The first-order valence-electron chi connectivity index (χ1n) is 5.28. The van der Waals surface area contributed by atoms with Gasteiger partial charge in [0, 0.05) is 7.05 Å². The predicted molar refractivity (Wildman–Crippen MR) is 63.1 cm³/mol. The Bertz CT molecular complexity index is 365. The van der Waals surface area contributed by atoms with Gasteiger partial charge >= 0.3 is 0 Å². The standard InChI is InChI=1S/C11H17N3O3/c1-8(2)17-7-10(15)14(3)11-12-5-9(16-4)6-13-11/h5-6,8H,7H2,1-4H3. The molecule has 1 heterocycles. The molecule has 0 N–H and O–H groups in total. The lowest BCUT2D eigenvalue weighted by molar-refractivity contribution is -0.124. The number of rotatable bonds is 5. The van der Waals surface area contributed by atoms with E-state index in [1.54, 1.807) is 7.05 Å². The maximum atomic E-state index is 11.7. The van der Waals surface area contributed by atoms with Gasteiger partial charge < -0.3 is 9.47 Å². The maximum absolute atomic E-state index is 11.7. The van der Waals surface area contributed by atoms with E-state index in [4.69, 9.17) is 9.47 Å². The van der Waals surface area contributed by atoms with E-state index in [1.165, 1.54) is 24.4 Å². The Morgan fingerprint density at radius 3 is 2.47 bits per heavy atom. The van der Waals surface area contributed by atoms with Crippen LogP contribution in [-0.4, -0.2) is 42.7 Å². The molecule has 1 amide bonds. The Hall–Kier alpha value is -1.69. The van der Waals surface area contributed by atoms with Crippen LogP contribution in [0.3, 0.4) is 0 Å². The number of carbonyl (C=O) groups excluding carboxylic acids is 1. The highest BCUT2D eigenvalue weighted by Crippen LogP contribution is 2.10. The Kier molecular flexibility index (Phi) is 4.84. The second kappa shape index (κ2) is 6.15. The Morgan fingerprint density at radius 1 is 1.41 bits per heavy atom. The molecular weight excluding hydrogens is 222 g/mol. The second-order valence-corrected chi connectivity index (χ2v) is 3.74. The average molecular weight is 239 g/mol. The third-order valence-corrected chi connectivity index (χ3v) is 2.06. The van der Waals surface area contributed by atoms with Crippen LogP contribution in [0.1, 0.15) is 13.8 Å². The third kappa shape index (κ3) is 3.99. The number of methoxy groups -OCH3 is 1. The zero-order valence-corrected chi connectivity index (χ0v) is 10.5. The summed E-state index contributed by atoms with van der Waals surface area (Å²) in [4.78, 5) is 21.1. The van der Waals surface area contributed by atoms with E-state index in [1.807, 2.05) is 13.8 Å². The van der Waals surface area contributed by atoms with Gasteiger partial charge in [0.05, 0.1) is 25.6 Å². The molecule has 1 aromatic heterocycles. The number of nitrogens with zero attached hydrogens (tertiary/aromatic N) is 3. The van der Waals surface area contributed by atoms with Crippen LogP contribution >= 0.6 is 0 Å². The summed E-state index contributed by atoms with van der Waals surface area (Å²) in [5, 5.41) is 0. The smallest absolute Gasteiger partial charge is 0.255 e. The molecule has 0 atom stereocenters. The Labute approximate surface area is 101 Å².